The molecular weight excluding hydrogens is 285 g/mol. The van der Waals surface area contributed by atoms with Crippen molar-refractivity contribution in [2.24, 2.45) is 29.6 Å². The van der Waals surface area contributed by atoms with E-state index in [1.807, 2.05) is 6.92 Å². The number of alkyl halides is 4. The molecule has 0 amide bonds. The fourth-order valence-corrected chi connectivity index (χ4v) is 4.62. The van der Waals surface area contributed by atoms with Crippen molar-refractivity contribution < 1.29 is 13.2 Å². The highest BCUT2D eigenvalue weighted by Gasteiger charge is 2.49. The third-order valence-electron chi connectivity index (χ3n) is 5.71. The van der Waals surface area contributed by atoms with Crippen LogP contribution in [0.2, 0.25) is 0 Å². The molecule has 2 rings (SSSR count). The highest BCUT2D eigenvalue weighted by Crippen LogP contribution is 2.49. The zero-order valence-corrected chi connectivity index (χ0v) is 13.2. The van der Waals surface area contributed by atoms with Crippen LogP contribution in [0.4, 0.5) is 13.2 Å². The van der Waals surface area contributed by atoms with E-state index in [0.717, 1.165) is 38.5 Å². The predicted molar refractivity (Wildman–Crippen MR) is 76.8 cm³/mol. The van der Waals surface area contributed by atoms with Crippen molar-refractivity contribution >= 4 is 11.6 Å². The van der Waals surface area contributed by atoms with Crippen LogP contribution < -0.4 is 0 Å². The molecule has 0 aromatic heterocycles. The van der Waals surface area contributed by atoms with E-state index in [0.29, 0.717) is 12.3 Å². The molecule has 0 N–H and O–H groups in total. The van der Waals surface area contributed by atoms with Crippen LogP contribution in [0.25, 0.3) is 0 Å². The van der Waals surface area contributed by atoms with Gasteiger partial charge in [-0.3, -0.25) is 0 Å². The first-order valence-electron chi connectivity index (χ1n) is 7.99. The molecule has 0 heterocycles. The van der Waals surface area contributed by atoms with Gasteiger partial charge in [0.15, 0.2) is 0 Å². The first-order valence-corrected chi connectivity index (χ1v) is 8.43. The number of halogens is 4. The van der Waals surface area contributed by atoms with Gasteiger partial charge in [0.05, 0.1) is 5.92 Å². The van der Waals surface area contributed by atoms with Crippen LogP contribution in [-0.4, -0.2) is 11.6 Å². The van der Waals surface area contributed by atoms with Crippen LogP contribution in [0.1, 0.15) is 58.8 Å². The van der Waals surface area contributed by atoms with Crippen molar-refractivity contribution in [1.82, 2.24) is 0 Å². The molecule has 2 aliphatic carbocycles. The minimum Gasteiger partial charge on any atom is -0.171 e. The van der Waals surface area contributed by atoms with Gasteiger partial charge in [-0.1, -0.05) is 20.3 Å². The second kappa shape index (κ2) is 6.46. The van der Waals surface area contributed by atoms with Gasteiger partial charge in [-0.2, -0.15) is 13.2 Å². The summed E-state index contributed by atoms with van der Waals surface area (Å²) in [5.74, 6) is -0.437. The highest BCUT2D eigenvalue weighted by molar-refractivity contribution is 6.20. The maximum Gasteiger partial charge on any atom is 0.392 e. The van der Waals surface area contributed by atoms with Gasteiger partial charge in [-0.25, -0.2) is 0 Å². The Bertz CT molecular complexity index is 307. The summed E-state index contributed by atoms with van der Waals surface area (Å²) >= 11 is 6.11. The van der Waals surface area contributed by atoms with E-state index in [9.17, 15) is 13.2 Å². The smallest absolute Gasteiger partial charge is 0.171 e. The Morgan fingerprint density at radius 2 is 1.60 bits per heavy atom. The Kier molecular flexibility index (Phi) is 5.31. The van der Waals surface area contributed by atoms with Gasteiger partial charge in [0.25, 0.3) is 0 Å². The van der Waals surface area contributed by atoms with Gasteiger partial charge in [0.1, 0.15) is 0 Å². The van der Waals surface area contributed by atoms with Crippen molar-refractivity contribution in [1.29, 1.82) is 0 Å². The summed E-state index contributed by atoms with van der Waals surface area (Å²) in [7, 11) is 0. The topological polar surface area (TPSA) is 0 Å². The molecule has 20 heavy (non-hydrogen) atoms. The lowest BCUT2D eigenvalue weighted by molar-refractivity contribution is -0.207. The van der Waals surface area contributed by atoms with Crippen LogP contribution in [0, 0.1) is 29.6 Å². The Morgan fingerprint density at radius 1 is 1.00 bits per heavy atom. The second-order valence-corrected chi connectivity index (χ2v) is 7.72. The van der Waals surface area contributed by atoms with Gasteiger partial charge in [0.2, 0.25) is 0 Å². The van der Waals surface area contributed by atoms with Crippen molar-refractivity contribution in [2.75, 3.05) is 0 Å². The Hall–Kier alpha value is 0.0800. The van der Waals surface area contributed by atoms with Gasteiger partial charge >= 0.3 is 6.18 Å². The highest BCUT2D eigenvalue weighted by atomic mass is 35.5. The van der Waals surface area contributed by atoms with Crippen LogP contribution in [0.3, 0.4) is 0 Å². The third kappa shape index (κ3) is 3.84. The van der Waals surface area contributed by atoms with Crippen molar-refractivity contribution in [2.45, 2.75) is 70.3 Å². The van der Waals surface area contributed by atoms with E-state index < -0.39 is 12.1 Å². The zero-order valence-electron chi connectivity index (χ0n) is 12.4. The Morgan fingerprint density at radius 3 is 2.15 bits per heavy atom. The molecule has 0 aliphatic heterocycles. The van der Waals surface area contributed by atoms with Gasteiger partial charge in [0, 0.05) is 5.38 Å². The number of hydrogen-bond acceptors (Lipinski definition) is 0. The Labute approximate surface area is 125 Å². The minimum absolute atomic E-state index is 0.178. The van der Waals surface area contributed by atoms with Gasteiger partial charge in [-0.05, 0) is 62.2 Å². The fraction of sp³-hybridized carbons (Fsp3) is 1.00. The molecule has 0 radical (unpaired) electrons. The number of hydrogen-bond donors (Lipinski definition) is 0. The second-order valence-electron chi connectivity index (χ2n) is 7.10. The Balaban J connectivity index is 2.04. The number of rotatable bonds is 2. The van der Waals surface area contributed by atoms with E-state index in [1.165, 1.54) is 0 Å². The van der Waals surface area contributed by atoms with E-state index in [2.05, 4.69) is 6.92 Å². The standard InChI is InChI=1S/C16H26ClF3/c1-10-3-8-14(15(9-10)16(18,19)20)11(2)12-4-6-13(17)7-5-12/h10-15H,3-9H2,1-2H3. The molecule has 4 heteroatoms. The average molecular weight is 311 g/mol. The lowest BCUT2D eigenvalue weighted by atomic mass is 9.64. The largest absolute Gasteiger partial charge is 0.392 e. The van der Waals surface area contributed by atoms with Crippen LogP contribution in [0.5, 0.6) is 0 Å². The summed E-state index contributed by atoms with van der Waals surface area (Å²) in [5, 5.41) is 0.239. The van der Waals surface area contributed by atoms with Crippen molar-refractivity contribution in [3.05, 3.63) is 0 Å². The molecule has 2 aliphatic rings. The third-order valence-corrected chi connectivity index (χ3v) is 6.14. The van der Waals surface area contributed by atoms with E-state index in [4.69, 9.17) is 11.6 Å². The first-order chi connectivity index (χ1) is 9.29. The molecule has 4 unspecified atom stereocenters. The van der Waals surface area contributed by atoms with Crippen molar-refractivity contribution in [3.8, 4) is 0 Å². The quantitative estimate of drug-likeness (QED) is 0.546. The summed E-state index contributed by atoms with van der Waals surface area (Å²) < 4.78 is 40.0. The molecule has 0 saturated heterocycles. The molecule has 2 saturated carbocycles. The average Bonchev–Trinajstić information content (AvgIpc) is 2.38. The lowest BCUT2D eigenvalue weighted by Gasteiger charge is -2.43. The molecule has 0 aromatic rings. The molecule has 2 fully saturated rings. The van der Waals surface area contributed by atoms with E-state index in [-0.39, 0.29) is 23.1 Å². The van der Waals surface area contributed by atoms with Crippen LogP contribution in [-0.2, 0) is 0 Å². The van der Waals surface area contributed by atoms with E-state index >= 15 is 0 Å². The van der Waals surface area contributed by atoms with Crippen LogP contribution >= 0.6 is 11.6 Å². The molecule has 4 atom stereocenters. The summed E-state index contributed by atoms with van der Waals surface area (Å²) in [6, 6.07) is 0. The van der Waals surface area contributed by atoms with Crippen LogP contribution in [0.15, 0.2) is 0 Å². The summed E-state index contributed by atoms with van der Waals surface area (Å²) in [4.78, 5) is 0. The molecule has 0 aromatic carbocycles. The normalized spacial score (nSPS) is 41.4. The zero-order chi connectivity index (χ0) is 14.9. The van der Waals surface area contributed by atoms with Gasteiger partial charge in [-0.15, -0.1) is 11.6 Å². The molecule has 0 bridgehead atoms. The minimum atomic E-state index is -4.03. The summed E-state index contributed by atoms with van der Waals surface area (Å²) in [5.41, 5.74) is 0. The maximum absolute atomic E-state index is 13.3. The summed E-state index contributed by atoms with van der Waals surface area (Å²) in [6.45, 7) is 4.01. The first kappa shape index (κ1) is 16.5. The lowest BCUT2D eigenvalue weighted by Crippen LogP contribution is -2.40. The SMILES string of the molecule is CC1CCC(C(C)C2CCC(Cl)CC2)C(C(F)(F)F)C1. The molecule has 0 spiro atoms. The molecule has 0 nitrogen and oxygen atoms in total. The monoisotopic (exact) mass is 310 g/mol. The fourth-order valence-electron chi connectivity index (χ4n) is 4.36. The van der Waals surface area contributed by atoms with Crippen molar-refractivity contribution in [3.63, 3.8) is 0 Å². The molecular formula is C16H26ClF3. The molecule has 118 valence electrons. The summed E-state index contributed by atoms with van der Waals surface area (Å²) in [6.07, 6.45) is 1.94. The maximum atomic E-state index is 13.3. The van der Waals surface area contributed by atoms with Gasteiger partial charge < -0.3 is 0 Å². The predicted octanol–water partition coefficient (Wildman–Crippen LogP) is 6.03. The van der Waals surface area contributed by atoms with E-state index in [1.54, 1.807) is 0 Å².